The zero-order chi connectivity index (χ0) is 19.9. The maximum Gasteiger partial charge on any atom is 0.267 e. The van der Waals surface area contributed by atoms with E-state index < -0.39 is 0 Å². The number of hydrogen-bond acceptors (Lipinski definition) is 5. The van der Waals surface area contributed by atoms with Crippen LogP contribution in [0.15, 0.2) is 48.7 Å². The first-order chi connectivity index (χ1) is 13.6. The van der Waals surface area contributed by atoms with Gasteiger partial charge in [0.25, 0.3) is 12.6 Å². The molecule has 0 saturated carbocycles. The number of rotatable bonds is 6. The van der Waals surface area contributed by atoms with Gasteiger partial charge in [0.15, 0.2) is 0 Å². The molecule has 0 aliphatic carbocycles. The van der Waals surface area contributed by atoms with E-state index in [1.54, 1.807) is 12.3 Å². The number of pyridine rings is 1. The minimum atomic E-state index is -0.356. The van der Waals surface area contributed by atoms with E-state index in [1.807, 2.05) is 24.3 Å². The summed E-state index contributed by atoms with van der Waals surface area (Å²) < 4.78 is 2.29. The fourth-order valence-corrected chi connectivity index (χ4v) is 5.30. The SMILES string of the molecule is C=S(C1CCB(C#N)CC1)N(Cc1ccc(C(=O)NN)cn1)c1ccccc1. The Morgan fingerprint density at radius 1 is 1.32 bits per heavy atom. The first kappa shape index (κ1) is 20.1. The highest BCUT2D eigenvalue weighted by Crippen LogP contribution is 2.39. The Kier molecular flexibility index (Phi) is 6.85. The highest BCUT2D eigenvalue weighted by Gasteiger charge is 2.28. The second kappa shape index (κ2) is 9.53. The molecule has 2 aromatic rings. The number of benzene rings is 1. The average Bonchev–Trinajstić information content (AvgIpc) is 2.77. The molecule has 0 spiro atoms. The van der Waals surface area contributed by atoms with Gasteiger partial charge in [-0.3, -0.25) is 15.2 Å². The summed E-state index contributed by atoms with van der Waals surface area (Å²) in [6, 6.07) is 13.8. The number of carbonyl (C=O) groups excluding carboxylic acids is 1. The smallest absolute Gasteiger partial charge is 0.267 e. The molecule has 1 atom stereocenters. The normalized spacial score (nSPS) is 15.5. The van der Waals surface area contributed by atoms with E-state index in [4.69, 9.17) is 11.1 Å². The van der Waals surface area contributed by atoms with E-state index >= 15 is 0 Å². The minimum absolute atomic E-state index is 0.182. The summed E-state index contributed by atoms with van der Waals surface area (Å²) in [6.45, 7) is 0.792. The van der Waals surface area contributed by atoms with Gasteiger partial charge in [-0.15, -0.1) is 0 Å². The van der Waals surface area contributed by atoms with Crippen molar-refractivity contribution in [2.24, 2.45) is 5.84 Å². The summed E-state index contributed by atoms with van der Waals surface area (Å²) in [5.41, 5.74) is 4.52. The zero-order valence-electron chi connectivity index (χ0n) is 15.8. The Labute approximate surface area is 168 Å². The molecule has 1 aromatic heterocycles. The van der Waals surface area contributed by atoms with Gasteiger partial charge >= 0.3 is 0 Å². The number of anilines is 1. The van der Waals surface area contributed by atoms with Gasteiger partial charge in [-0.1, -0.05) is 47.4 Å². The van der Waals surface area contributed by atoms with E-state index in [1.165, 1.54) is 0 Å². The van der Waals surface area contributed by atoms with Crippen molar-refractivity contribution in [3.63, 3.8) is 0 Å². The third kappa shape index (κ3) is 4.80. The predicted molar refractivity (Wildman–Crippen MR) is 117 cm³/mol. The third-order valence-electron chi connectivity index (χ3n) is 5.09. The van der Waals surface area contributed by atoms with Crippen LogP contribution in [0.1, 0.15) is 28.9 Å². The van der Waals surface area contributed by atoms with Crippen LogP contribution in [0.25, 0.3) is 0 Å². The van der Waals surface area contributed by atoms with Crippen molar-refractivity contribution < 1.29 is 4.79 Å². The van der Waals surface area contributed by atoms with Crippen molar-refractivity contribution in [3.8, 4) is 5.97 Å². The summed E-state index contributed by atoms with van der Waals surface area (Å²) >= 11 is 0. The van der Waals surface area contributed by atoms with Crippen LogP contribution >= 0.6 is 10.7 Å². The maximum absolute atomic E-state index is 11.6. The lowest BCUT2D eigenvalue weighted by Crippen LogP contribution is -2.30. The van der Waals surface area contributed by atoms with Gasteiger partial charge < -0.3 is 4.31 Å². The number of amides is 1. The lowest BCUT2D eigenvalue weighted by Gasteiger charge is -2.35. The van der Waals surface area contributed by atoms with Crippen molar-refractivity contribution in [1.29, 1.82) is 5.26 Å². The van der Waals surface area contributed by atoms with E-state index in [-0.39, 0.29) is 23.3 Å². The highest BCUT2D eigenvalue weighted by atomic mass is 32.2. The molecule has 1 amide bonds. The third-order valence-corrected chi connectivity index (χ3v) is 7.24. The molecule has 3 rings (SSSR count). The Balaban J connectivity index is 1.79. The molecule has 3 N–H and O–H groups in total. The Bertz CT molecular complexity index is 860. The van der Waals surface area contributed by atoms with Crippen LogP contribution in [0.3, 0.4) is 0 Å². The number of carbonyl (C=O) groups is 1. The van der Waals surface area contributed by atoms with Crippen LogP contribution in [0.4, 0.5) is 5.69 Å². The molecule has 1 fully saturated rings. The summed E-state index contributed by atoms with van der Waals surface area (Å²) in [6.07, 6.45) is 5.49. The van der Waals surface area contributed by atoms with Gasteiger partial charge in [-0.2, -0.15) is 0 Å². The van der Waals surface area contributed by atoms with Crippen LogP contribution < -0.4 is 15.6 Å². The molecular formula is C20H24BN5OS. The number of nitrogens with zero attached hydrogens (tertiary/aromatic N) is 3. The van der Waals surface area contributed by atoms with Crippen molar-refractivity contribution >= 4 is 34.8 Å². The summed E-state index contributed by atoms with van der Waals surface area (Å²) in [5.74, 6) is 11.7. The van der Waals surface area contributed by atoms with Crippen molar-refractivity contribution in [1.82, 2.24) is 10.4 Å². The van der Waals surface area contributed by atoms with E-state index in [2.05, 4.69) is 38.7 Å². The molecule has 28 heavy (non-hydrogen) atoms. The number of nitrogens with one attached hydrogen (secondary N) is 1. The number of para-hydroxylation sites is 1. The van der Waals surface area contributed by atoms with E-state index in [9.17, 15) is 4.79 Å². The number of nitriles is 1. The van der Waals surface area contributed by atoms with Crippen LogP contribution in [0.2, 0.25) is 12.6 Å². The Morgan fingerprint density at radius 2 is 2.04 bits per heavy atom. The van der Waals surface area contributed by atoms with E-state index in [0.29, 0.717) is 17.4 Å². The largest absolute Gasteiger partial charge is 0.316 e. The highest BCUT2D eigenvalue weighted by molar-refractivity contribution is 8.15. The quantitative estimate of drug-likeness (QED) is 0.259. The van der Waals surface area contributed by atoms with Crippen LogP contribution in [-0.2, 0) is 6.54 Å². The average molecular weight is 393 g/mol. The lowest BCUT2D eigenvalue weighted by molar-refractivity contribution is 0.0953. The van der Waals surface area contributed by atoms with Crippen LogP contribution in [-0.4, -0.2) is 28.7 Å². The first-order valence-corrected chi connectivity index (χ1v) is 10.7. The minimum Gasteiger partial charge on any atom is -0.316 e. The van der Waals surface area contributed by atoms with Gasteiger partial charge in [0, 0.05) is 23.1 Å². The molecule has 0 bridgehead atoms. The number of hydrazine groups is 1. The second-order valence-electron chi connectivity index (χ2n) is 6.89. The fraction of sp³-hybridized carbons (Fsp3) is 0.300. The van der Waals surface area contributed by atoms with Crippen molar-refractivity contribution in [3.05, 3.63) is 59.9 Å². The Hall–Kier alpha value is -2.63. The molecule has 1 aliphatic rings. The molecule has 1 aromatic carbocycles. The summed E-state index contributed by atoms with van der Waals surface area (Å²) in [4.78, 5) is 16.1. The topological polar surface area (TPSA) is 95.0 Å². The molecular weight excluding hydrogens is 369 g/mol. The van der Waals surface area contributed by atoms with Gasteiger partial charge in [0.05, 0.1) is 17.8 Å². The monoisotopic (exact) mass is 393 g/mol. The fourth-order valence-electron chi connectivity index (χ4n) is 3.43. The van der Waals surface area contributed by atoms with Gasteiger partial charge in [0.2, 0.25) is 0 Å². The maximum atomic E-state index is 11.6. The molecule has 6 nitrogen and oxygen atoms in total. The van der Waals surface area contributed by atoms with Crippen LogP contribution in [0.5, 0.6) is 0 Å². The van der Waals surface area contributed by atoms with E-state index in [0.717, 1.165) is 36.9 Å². The number of hydrogen-bond donors (Lipinski definition) is 2. The molecule has 1 saturated heterocycles. The predicted octanol–water partition coefficient (Wildman–Crippen LogP) is 3.03. The zero-order valence-corrected chi connectivity index (χ0v) is 16.6. The second-order valence-corrected chi connectivity index (χ2v) is 8.80. The molecule has 0 radical (unpaired) electrons. The summed E-state index contributed by atoms with van der Waals surface area (Å²) in [5, 5.41) is 9.62. The number of nitrogen functional groups attached to an aromatic ring is 1. The Morgan fingerprint density at radius 3 is 2.61 bits per heavy atom. The van der Waals surface area contributed by atoms with Gasteiger partial charge in [0.1, 0.15) is 0 Å². The molecule has 1 aliphatic heterocycles. The van der Waals surface area contributed by atoms with Crippen molar-refractivity contribution in [2.75, 3.05) is 4.31 Å². The van der Waals surface area contributed by atoms with Crippen LogP contribution in [0, 0.1) is 11.2 Å². The number of nitrogens with two attached hydrogens (primary N) is 1. The standard InChI is InChI=1S/C20H24BN5OS/c1-28(19-9-11-21(15-22)12-10-19)26(18-5-3-2-4-6-18)14-17-8-7-16(13-24-17)20(27)25-23/h2-8,13,19H,1,9-12,14,23H2,(H,25,27). The molecule has 8 heteroatoms. The number of aromatic nitrogens is 1. The first-order valence-electron chi connectivity index (χ1n) is 9.33. The molecule has 2 heterocycles. The summed E-state index contributed by atoms with van der Waals surface area (Å²) in [7, 11) is -0.244. The lowest BCUT2D eigenvalue weighted by atomic mass is 9.43. The van der Waals surface area contributed by atoms with Gasteiger partial charge in [-0.25, -0.2) is 11.1 Å². The van der Waals surface area contributed by atoms with Gasteiger partial charge in [-0.05, 0) is 37.1 Å². The van der Waals surface area contributed by atoms with Crippen molar-refractivity contribution in [2.45, 2.75) is 37.3 Å². The molecule has 144 valence electrons. The molecule has 1 unspecified atom stereocenters.